The van der Waals surface area contributed by atoms with E-state index in [0.717, 1.165) is 5.56 Å². The van der Waals surface area contributed by atoms with Gasteiger partial charge >= 0.3 is 12.1 Å². The monoisotopic (exact) mass is 263 g/mol. The highest BCUT2D eigenvalue weighted by Crippen LogP contribution is 2.02. The molecule has 2 N–H and O–H groups in total. The lowest BCUT2D eigenvalue weighted by molar-refractivity contribution is -0.139. The Bertz CT molecular complexity index is 430. The first kappa shape index (κ1) is 14.8. The third-order valence-corrected chi connectivity index (χ3v) is 2.46. The molecule has 0 aromatic heterocycles. The maximum Gasteiger partial charge on any atom is 0.408 e. The highest BCUT2D eigenvalue weighted by atomic mass is 16.5. The van der Waals surface area contributed by atoms with Crippen LogP contribution < -0.4 is 5.32 Å². The van der Waals surface area contributed by atoms with Gasteiger partial charge in [0.1, 0.15) is 12.6 Å². The average Bonchev–Trinajstić information content (AvgIpc) is 2.42. The largest absolute Gasteiger partial charge is 0.480 e. The Labute approximate surface area is 111 Å². The minimum Gasteiger partial charge on any atom is -0.480 e. The predicted molar refractivity (Wildman–Crippen MR) is 70.6 cm³/mol. The second-order valence-electron chi connectivity index (χ2n) is 3.96. The number of carbonyl (C=O) groups is 2. The molecule has 0 aliphatic rings. The number of allylic oxidation sites excluding steroid dienone is 1. The second kappa shape index (κ2) is 7.92. The minimum atomic E-state index is -1.08. The molecule has 1 aromatic rings. The zero-order valence-electron chi connectivity index (χ0n) is 10.5. The fourth-order valence-corrected chi connectivity index (χ4v) is 1.45. The lowest BCUT2D eigenvalue weighted by Crippen LogP contribution is -2.40. The number of rotatable bonds is 7. The predicted octanol–water partition coefficient (Wildman–Crippen LogP) is 2.33. The summed E-state index contributed by atoms with van der Waals surface area (Å²) >= 11 is 0. The summed E-state index contributed by atoms with van der Waals surface area (Å²) in [4.78, 5) is 22.4. The molecule has 0 fully saturated rings. The van der Waals surface area contributed by atoms with Crippen molar-refractivity contribution in [3.63, 3.8) is 0 Å². The molecular weight excluding hydrogens is 246 g/mol. The van der Waals surface area contributed by atoms with Crippen LogP contribution >= 0.6 is 0 Å². The van der Waals surface area contributed by atoms with Crippen molar-refractivity contribution in [2.75, 3.05) is 0 Å². The van der Waals surface area contributed by atoms with E-state index in [9.17, 15) is 9.59 Å². The van der Waals surface area contributed by atoms with Gasteiger partial charge in [0.25, 0.3) is 0 Å². The van der Waals surface area contributed by atoms with E-state index in [1.165, 1.54) is 0 Å². The summed E-state index contributed by atoms with van der Waals surface area (Å²) in [5, 5.41) is 11.2. The molecule has 1 amide bonds. The third kappa shape index (κ3) is 5.72. The van der Waals surface area contributed by atoms with Crippen molar-refractivity contribution in [1.29, 1.82) is 0 Å². The van der Waals surface area contributed by atoms with E-state index >= 15 is 0 Å². The van der Waals surface area contributed by atoms with Crippen molar-refractivity contribution < 1.29 is 19.4 Å². The van der Waals surface area contributed by atoms with Gasteiger partial charge in [-0.05, 0) is 18.4 Å². The Morgan fingerprint density at radius 1 is 1.37 bits per heavy atom. The van der Waals surface area contributed by atoms with Crippen LogP contribution in [0, 0.1) is 0 Å². The molecule has 0 saturated carbocycles. The Morgan fingerprint density at radius 2 is 2.05 bits per heavy atom. The molecule has 0 spiro atoms. The first-order valence-electron chi connectivity index (χ1n) is 5.94. The number of benzene rings is 1. The van der Waals surface area contributed by atoms with Gasteiger partial charge in [0.2, 0.25) is 0 Å². The van der Waals surface area contributed by atoms with E-state index in [-0.39, 0.29) is 6.61 Å². The van der Waals surface area contributed by atoms with Gasteiger partial charge in [0, 0.05) is 0 Å². The molecule has 102 valence electrons. The number of hydrogen-bond donors (Lipinski definition) is 2. The molecule has 1 rings (SSSR count). The molecular formula is C14H17NO4. The molecule has 0 saturated heterocycles. The minimum absolute atomic E-state index is 0.112. The van der Waals surface area contributed by atoms with E-state index in [4.69, 9.17) is 9.84 Å². The normalized spacial score (nSPS) is 11.4. The summed E-state index contributed by atoms with van der Waals surface area (Å²) in [6.07, 6.45) is 1.67. The van der Waals surface area contributed by atoms with Gasteiger partial charge in [-0.2, -0.15) is 0 Å². The molecule has 0 heterocycles. The van der Waals surface area contributed by atoms with E-state index in [1.54, 1.807) is 6.08 Å². The first-order chi connectivity index (χ1) is 9.13. The summed E-state index contributed by atoms with van der Waals surface area (Å²) < 4.78 is 4.95. The van der Waals surface area contributed by atoms with Gasteiger partial charge in [0.05, 0.1) is 0 Å². The van der Waals surface area contributed by atoms with Gasteiger partial charge in [-0.1, -0.05) is 36.4 Å². The van der Waals surface area contributed by atoms with Crippen molar-refractivity contribution in [3.8, 4) is 0 Å². The number of aliphatic carboxylic acids is 1. The number of ether oxygens (including phenoxy) is 1. The first-order valence-corrected chi connectivity index (χ1v) is 5.94. The third-order valence-electron chi connectivity index (χ3n) is 2.46. The average molecular weight is 263 g/mol. The van der Waals surface area contributed by atoms with Gasteiger partial charge in [0.15, 0.2) is 0 Å². The molecule has 0 aliphatic carbocycles. The van der Waals surface area contributed by atoms with Crippen LogP contribution in [0.15, 0.2) is 43.0 Å². The van der Waals surface area contributed by atoms with Crippen LogP contribution in [-0.2, 0) is 16.1 Å². The van der Waals surface area contributed by atoms with Crippen molar-refractivity contribution in [1.82, 2.24) is 5.32 Å². The molecule has 5 heteroatoms. The fourth-order valence-electron chi connectivity index (χ4n) is 1.45. The van der Waals surface area contributed by atoms with E-state index < -0.39 is 18.1 Å². The van der Waals surface area contributed by atoms with Crippen molar-refractivity contribution >= 4 is 12.1 Å². The van der Waals surface area contributed by atoms with Crippen LogP contribution in [0.25, 0.3) is 0 Å². The summed E-state index contributed by atoms with van der Waals surface area (Å²) in [6, 6.07) is 8.21. The number of carboxylic acid groups (broad SMARTS) is 1. The lowest BCUT2D eigenvalue weighted by atomic mass is 10.1. The molecule has 1 aromatic carbocycles. The number of nitrogens with one attached hydrogen (secondary N) is 1. The van der Waals surface area contributed by atoms with Crippen molar-refractivity contribution in [2.45, 2.75) is 25.5 Å². The zero-order valence-corrected chi connectivity index (χ0v) is 10.5. The summed E-state index contributed by atoms with van der Waals surface area (Å²) in [5.41, 5.74) is 0.843. The Morgan fingerprint density at radius 3 is 2.63 bits per heavy atom. The summed E-state index contributed by atoms with van der Waals surface area (Å²) in [7, 11) is 0. The van der Waals surface area contributed by atoms with Crippen LogP contribution in [0.3, 0.4) is 0 Å². The molecule has 0 unspecified atom stereocenters. The van der Waals surface area contributed by atoms with Crippen LogP contribution in [-0.4, -0.2) is 23.2 Å². The SMILES string of the molecule is C=CCC[C@@H](NC(=O)OCc1ccccc1)C(=O)O. The Kier molecular flexibility index (Phi) is 6.15. The number of amides is 1. The molecule has 1 atom stereocenters. The second-order valence-corrected chi connectivity index (χ2v) is 3.96. The van der Waals surface area contributed by atoms with Crippen LogP contribution in [0.2, 0.25) is 0 Å². The standard InChI is InChI=1S/C14H17NO4/c1-2-3-9-12(13(16)17)15-14(18)19-10-11-7-5-4-6-8-11/h2,4-8,12H,1,3,9-10H2,(H,15,18)(H,16,17)/t12-/m1/s1. The fraction of sp³-hybridized carbons (Fsp3) is 0.286. The molecule has 19 heavy (non-hydrogen) atoms. The van der Waals surface area contributed by atoms with Crippen molar-refractivity contribution in [3.05, 3.63) is 48.6 Å². The molecule has 0 bridgehead atoms. The number of carbonyl (C=O) groups excluding carboxylic acids is 1. The lowest BCUT2D eigenvalue weighted by Gasteiger charge is -2.13. The topological polar surface area (TPSA) is 75.6 Å². The number of hydrogen-bond acceptors (Lipinski definition) is 3. The van der Waals surface area contributed by atoms with Crippen LogP contribution in [0.1, 0.15) is 18.4 Å². The Balaban J connectivity index is 2.40. The van der Waals surface area contributed by atoms with E-state index in [1.807, 2.05) is 30.3 Å². The smallest absolute Gasteiger partial charge is 0.408 e. The highest BCUT2D eigenvalue weighted by molar-refractivity contribution is 5.79. The highest BCUT2D eigenvalue weighted by Gasteiger charge is 2.19. The molecule has 0 radical (unpaired) electrons. The van der Waals surface area contributed by atoms with Gasteiger partial charge in [-0.3, -0.25) is 0 Å². The van der Waals surface area contributed by atoms with E-state index in [2.05, 4.69) is 11.9 Å². The van der Waals surface area contributed by atoms with Gasteiger partial charge in [-0.15, -0.1) is 6.58 Å². The van der Waals surface area contributed by atoms with Crippen molar-refractivity contribution in [2.24, 2.45) is 0 Å². The molecule has 5 nitrogen and oxygen atoms in total. The zero-order chi connectivity index (χ0) is 14.1. The maximum atomic E-state index is 11.5. The van der Waals surface area contributed by atoms with E-state index in [0.29, 0.717) is 12.8 Å². The summed E-state index contributed by atoms with van der Waals surface area (Å²) in [5.74, 6) is -1.08. The van der Waals surface area contributed by atoms with Crippen LogP contribution in [0.4, 0.5) is 4.79 Å². The molecule has 0 aliphatic heterocycles. The van der Waals surface area contributed by atoms with Gasteiger partial charge in [-0.25, -0.2) is 9.59 Å². The Hall–Kier alpha value is -2.30. The quantitative estimate of drug-likeness (QED) is 0.740. The van der Waals surface area contributed by atoms with Crippen LogP contribution in [0.5, 0.6) is 0 Å². The number of alkyl carbamates (subject to hydrolysis) is 1. The van der Waals surface area contributed by atoms with Gasteiger partial charge < -0.3 is 15.2 Å². The summed E-state index contributed by atoms with van der Waals surface area (Å²) in [6.45, 7) is 3.62. The maximum absolute atomic E-state index is 11.5. The number of carboxylic acids is 1.